The van der Waals surface area contributed by atoms with E-state index >= 15 is 0 Å². The Morgan fingerprint density at radius 1 is 1.25 bits per heavy atom. The highest BCUT2D eigenvalue weighted by Crippen LogP contribution is 2.20. The molecule has 110 valence electrons. The van der Waals surface area contributed by atoms with E-state index in [1.807, 2.05) is 20.8 Å². The van der Waals surface area contributed by atoms with Crippen LogP contribution in [-0.4, -0.2) is 35.1 Å². The molecule has 1 aromatic rings. The standard InChI is InChI=1S/C15H22N2O3/c1-9(2)11(4)17(5)15(20)16-12-8-6-7-10(3)13(12)14(18)19/h6-9,11H,1-5H3,(H,16,20)(H,18,19). The van der Waals surface area contributed by atoms with Gasteiger partial charge in [0.05, 0.1) is 11.3 Å². The Kier molecular flexibility index (Phi) is 5.13. The van der Waals surface area contributed by atoms with Gasteiger partial charge in [-0.05, 0) is 31.4 Å². The summed E-state index contributed by atoms with van der Waals surface area (Å²) < 4.78 is 0. The number of aromatic carboxylic acids is 1. The lowest BCUT2D eigenvalue weighted by Crippen LogP contribution is -2.41. The molecular formula is C15H22N2O3. The number of rotatable bonds is 4. The molecule has 0 aliphatic rings. The van der Waals surface area contributed by atoms with Crippen molar-refractivity contribution >= 4 is 17.7 Å². The monoisotopic (exact) mass is 278 g/mol. The Morgan fingerprint density at radius 2 is 1.85 bits per heavy atom. The van der Waals surface area contributed by atoms with Crippen LogP contribution in [-0.2, 0) is 0 Å². The molecule has 0 aromatic heterocycles. The van der Waals surface area contributed by atoms with Crippen molar-refractivity contribution in [2.45, 2.75) is 33.7 Å². The number of hydrogen-bond donors (Lipinski definition) is 2. The highest BCUT2D eigenvalue weighted by atomic mass is 16.4. The fourth-order valence-electron chi connectivity index (χ4n) is 1.89. The first-order valence-electron chi connectivity index (χ1n) is 6.62. The van der Waals surface area contributed by atoms with Gasteiger partial charge in [0.2, 0.25) is 0 Å². The number of aryl methyl sites for hydroxylation is 1. The zero-order chi connectivity index (χ0) is 15.4. The number of carbonyl (C=O) groups is 2. The number of nitrogens with zero attached hydrogens (tertiary/aromatic N) is 1. The lowest BCUT2D eigenvalue weighted by Gasteiger charge is -2.28. The molecule has 0 spiro atoms. The number of benzene rings is 1. The van der Waals surface area contributed by atoms with E-state index in [2.05, 4.69) is 5.32 Å². The minimum Gasteiger partial charge on any atom is -0.478 e. The van der Waals surface area contributed by atoms with Crippen molar-refractivity contribution in [1.29, 1.82) is 0 Å². The van der Waals surface area contributed by atoms with Gasteiger partial charge in [-0.1, -0.05) is 26.0 Å². The molecule has 0 heterocycles. The molecular weight excluding hydrogens is 256 g/mol. The maximum absolute atomic E-state index is 12.2. The van der Waals surface area contributed by atoms with Crippen LogP contribution in [0.3, 0.4) is 0 Å². The second kappa shape index (κ2) is 6.41. The van der Waals surface area contributed by atoms with Gasteiger partial charge >= 0.3 is 12.0 Å². The summed E-state index contributed by atoms with van der Waals surface area (Å²) >= 11 is 0. The maximum atomic E-state index is 12.2. The first kappa shape index (κ1) is 16.0. The van der Waals surface area contributed by atoms with Crippen LogP contribution in [0.5, 0.6) is 0 Å². The normalized spacial score (nSPS) is 12.1. The largest absolute Gasteiger partial charge is 0.478 e. The summed E-state index contributed by atoms with van der Waals surface area (Å²) in [6.07, 6.45) is 0. The van der Waals surface area contributed by atoms with Crippen LogP contribution >= 0.6 is 0 Å². The van der Waals surface area contributed by atoms with E-state index in [0.717, 1.165) is 0 Å². The van der Waals surface area contributed by atoms with E-state index in [0.29, 0.717) is 17.2 Å². The van der Waals surface area contributed by atoms with Crippen LogP contribution in [0.15, 0.2) is 18.2 Å². The molecule has 0 saturated carbocycles. The lowest BCUT2D eigenvalue weighted by molar-refractivity contribution is 0.0697. The number of amides is 2. The van der Waals surface area contributed by atoms with Crippen LogP contribution < -0.4 is 5.32 Å². The topological polar surface area (TPSA) is 69.6 Å². The summed E-state index contributed by atoms with van der Waals surface area (Å²) in [6.45, 7) is 7.73. The van der Waals surface area contributed by atoms with E-state index in [9.17, 15) is 14.7 Å². The molecule has 1 atom stereocenters. The molecule has 20 heavy (non-hydrogen) atoms. The molecule has 1 aromatic carbocycles. The second-order valence-corrected chi connectivity index (χ2v) is 5.33. The van der Waals surface area contributed by atoms with Gasteiger partial charge in [0, 0.05) is 13.1 Å². The fraction of sp³-hybridized carbons (Fsp3) is 0.467. The molecule has 0 bridgehead atoms. The van der Waals surface area contributed by atoms with E-state index in [1.165, 1.54) is 0 Å². The average molecular weight is 278 g/mol. The van der Waals surface area contributed by atoms with E-state index in [4.69, 9.17) is 0 Å². The van der Waals surface area contributed by atoms with Crippen LogP contribution in [0, 0.1) is 12.8 Å². The molecule has 0 aliphatic carbocycles. The highest BCUT2D eigenvalue weighted by molar-refractivity contribution is 6.01. The first-order chi connectivity index (χ1) is 9.25. The van der Waals surface area contributed by atoms with Gasteiger partial charge in [-0.15, -0.1) is 0 Å². The van der Waals surface area contributed by atoms with Crippen molar-refractivity contribution in [3.63, 3.8) is 0 Å². The summed E-state index contributed by atoms with van der Waals surface area (Å²) in [5.74, 6) is -0.722. The SMILES string of the molecule is Cc1cccc(NC(=O)N(C)C(C)C(C)C)c1C(=O)O. The zero-order valence-corrected chi connectivity index (χ0v) is 12.6. The van der Waals surface area contributed by atoms with Gasteiger partial charge in [-0.3, -0.25) is 0 Å². The Hall–Kier alpha value is -2.04. The van der Waals surface area contributed by atoms with Gasteiger partial charge in [0.15, 0.2) is 0 Å². The molecule has 0 fully saturated rings. The molecule has 5 nitrogen and oxygen atoms in total. The summed E-state index contributed by atoms with van der Waals surface area (Å²) in [5.41, 5.74) is 1.08. The number of nitrogens with one attached hydrogen (secondary N) is 1. The molecule has 0 radical (unpaired) electrons. The molecule has 1 unspecified atom stereocenters. The number of anilines is 1. The van der Waals surface area contributed by atoms with Crippen molar-refractivity contribution in [3.8, 4) is 0 Å². The predicted octanol–water partition coefficient (Wildman–Crippen LogP) is 3.20. The number of urea groups is 1. The first-order valence-corrected chi connectivity index (χ1v) is 6.62. The third kappa shape index (κ3) is 3.50. The Labute approximate surface area is 119 Å². The molecule has 0 saturated heterocycles. The molecule has 5 heteroatoms. The van der Waals surface area contributed by atoms with Gasteiger partial charge in [-0.2, -0.15) is 0 Å². The fourth-order valence-corrected chi connectivity index (χ4v) is 1.89. The smallest absolute Gasteiger partial charge is 0.338 e. The van der Waals surface area contributed by atoms with Gasteiger partial charge in [0.1, 0.15) is 0 Å². The number of hydrogen-bond acceptors (Lipinski definition) is 2. The van der Waals surface area contributed by atoms with Crippen LogP contribution in [0.4, 0.5) is 10.5 Å². The Bertz CT molecular complexity index is 512. The number of carboxylic acid groups (broad SMARTS) is 1. The van der Waals surface area contributed by atoms with Crippen LogP contribution in [0.25, 0.3) is 0 Å². The quantitative estimate of drug-likeness (QED) is 0.888. The summed E-state index contributed by atoms with van der Waals surface area (Å²) in [7, 11) is 1.70. The van der Waals surface area contributed by atoms with Crippen molar-refractivity contribution in [2.75, 3.05) is 12.4 Å². The Balaban J connectivity index is 2.97. The highest BCUT2D eigenvalue weighted by Gasteiger charge is 2.21. The summed E-state index contributed by atoms with van der Waals surface area (Å²) in [6, 6.07) is 4.79. The third-order valence-electron chi connectivity index (χ3n) is 3.62. The molecule has 1 rings (SSSR count). The zero-order valence-electron chi connectivity index (χ0n) is 12.6. The van der Waals surface area contributed by atoms with E-state index in [-0.39, 0.29) is 17.6 Å². The van der Waals surface area contributed by atoms with Gasteiger partial charge in [0.25, 0.3) is 0 Å². The average Bonchev–Trinajstić information content (AvgIpc) is 2.36. The van der Waals surface area contributed by atoms with Gasteiger partial charge < -0.3 is 15.3 Å². The molecule has 0 aliphatic heterocycles. The minimum absolute atomic E-state index is 0.0630. The van der Waals surface area contributed by atoms with Gasteiger partial charge in [-0.25, -0.2) is 9.59 Å². The maximum Gasteiger partial charge on any atom is 0.338 e. The lowest BCUT2D eigenvalue weighted by atomic mass is 10.1. The van der Waals surface area contributed by atoms with Crippen molar-refractivity contribution in [2.24, 2.45) is 5.92 Å². The van der Waals surface area contributed by atoms with Crippen molar-refractivity contribution in [1.82, 2.24) is 4.90 Å². The third-order valence-corrected chi connectivity index (χ3v) is 3.62. The second-order valence-electron chi connectivity index (χ2n) is 5.33. The van der Waals surface area contributed by atoms with Crippen molar-refractivity contribution in [3.05, 3.63) is 29.3 Å². The van der Waals surface area contributed by atoms with Crippen molar-refractivity contribution < 1.29 is 14.7 Å². The number of carbonyl (C=O) groups excluding carboxylic acids is 1. The Morgan fingerprint density at radius 3 is 2.35 bits per heavy atom. The predicted molar refractivity (Wildman–Crippen MR) is 79.2 cm³/mol. The summed E-state index contributed by atoms with van der Waals surface area (Å²) in [5, 5.41) is 11.9. The van der Waals surface area contributed by atoms with E-state index < -0.39 is 5.97 Å². The molecule has 2 amide bonds. The van der Waals surface area contributed by atoms with Crippen LogP contribution in [0.2, 0.25) is 0 Å². The van der Waals surface area contributed by atoms with Crippen LogP contribution in [0.1, 0.15) is 36.7 Å². The summed E-state index contributed by atoms with van der Waals surface area (Å²) in [4.78, 5) is 25.0. The molecule has 2 N–H and O–H groups in total. The number of carboxylic acids is 1. The van der Waals surface area contributed by atoms with E-state index in [1.54, 1.807) is 37.1 Å². The minimum atomic E-state index is -1.04.